The number of aromatic nitrogens is 3. The summed E-state index contributed by atoms with van der Waals surface area (Å²) in [6.07, 6.45) is 7.55. The summed E-state index contributed by atoms with van der Waals surface area (Å²) < 4.78 is 0. The molecule has 2 heterocycles. The summed E-state index contributed by atoms with van der Waals surface area (Å²) in [6, 6.07) is 0.716. The Labute approximate surface area is 109 Å². The number of aryl methyl sites for hydroxylation is 1. The van der Waals surface area contributed by atoms with Gasteiger partial charge in [0.1, 0.15) is 12.2 Å². The molecule has 0 spiro atoms. The van der Waals surface area contributed by atoms with Gasteiger partial charge in [-0.3, -0.25) is 5.10 Å². The van der Waals surface area contributed by atoms with Crippen molar-refractivity contribution >= 4 is 0 Å². The largest absolute Gasteiger partial charge is 0.314 e. The third-order valence-corrected chi connectivity index (χ3v) is 3.62. The quantitative estimate of drug-likeness (QED) is 0.715. The molecule has 1 aliphatic heterocycles. The van der Waals surface area contributed by atoms with Gasteiger partial charge in [0.05, 0.1) is 0 Å². The Morgan fingerprint density at radius 3 is 2.94 bits per heavy atom. The van der Waals surface area contributed by atoms with Gasteiger partial charge in [0, 0.05) is 12.5 Å². The lowest BCUT2D eigenvalue weighted by molar-refractivity contribution is 0.198. The molecule has 5 nitrogen and oxygen atoms in total. The molecule has 1 aromatic heterocycles. The lowest BCUT2D eigenvalue weighted by Crippen LogP contribution is -2.43. The van der Waals surface area contributed by atoms with E-state index in [1.54, 1.807) is 6.33 Å². The molecule has 0 aromatic carbocycles. The van der Waals surface area contributed by atoms with E-state index in [2.05, 4.69) is 32.3 Å². The maximum absolute atomic E-state index is 4.13. The van der Waals surface area contributed by atoms with E-state index in [0.29, 0.717) is 6.04 Å². The summed E-state index contributed by atoms with van der Waals surface area (Å²) in [6.45, 7) is 7.12. The van der Waals surface area contributed by atoms with Crippen molar-refractivity contribution in [1.29, 1.82) is 0 Å². The van der Waals surface area contributed by atoms with Crippen molar-refractivity contribution in [3.8, 4) is 0 Å². The predicted molar refractivity (Wildman–Crippen MR) is 72.5 cm³/mol. The molecule has 102 valence electrons. The van der Waals surface area contributed by atoms with Crippen LogP contribution in [0.1, 0.15) is 38.4 Å². The van der Waals surface area contributed by atoms with E-state index in [-0.39, 0.29) is 0 Å². The SMILES string of the molecule is CCCN1CCC(NCCCc2ncn[nH]2)CC1. The number of nitrogens with zero attached hydrogens (tertiary/aromatic N) is 3. The van der Waals surface area contributed by atoms with Crippen LogP contribution < -0.4 is 5.32 Å². The highest BCUT2D eigenvalue weighted by Gasteiger charge is 2.17. The monoisotopic (exact) mass is 251 g/mol. The number of aromatic amines is 1. The van der Waals surface area contributed by atoms with Gasteiger partial charge in [0.15, 0.2) is 0 Å². The minimum absolute atomic E-state index is 0.716. The lowest BCUT2D eigenvalue weighted by atomic mass is 10.0. The van der Waals surface area contributed by atoms with Crippen LogP contribution in [0.4, 0.5) is 0 Å². The van der Waals surface area contributed by atoms with Crippen LogP contribution in [0.25, 0.3) is 0 Å². The summed E-state index contributed by atoms with van der Waals surface area (Å²) in [7, 11) is 0. The van der Waals surface area contributed by atoms with Gasteiger partial charge in [0.2, 0.25) is 0 Å². The molecule has 1 aromatic rings. The van der Waals surface area contributed by atoms with Crippen LogP contribution in [0.15, 0.2) is 6.33 Å². The molecular weight excluding hydrogens is 226 g/mol. The second-order valence-corrected chi connectivity index (χ2v) is 5.11. The lowest BCUT2D eigenvalue weighted by Gasteiger charge is -2.32. The molecule has 0 radical (unpaired) electrons. The molecule has 0 bridgehead atoms. The van der Waals surface area contributed by atoms with E-state index in [9.17, 15) is 0 Å². The van der Waals surface area contributed by atoms with Gasteiger partial charge in [-0.15, -0.1) is 0 Å². The van der Waals surface area contributed by atoms with Crippen LogP contribution in [0, 0.1) is 0 Å². The fourth-order valence-electron chi connectivity index (χ4n) is 2.59. The Hall–Kier alpha value is -0.940. The molecule has 0 atom stereocenters. The van der Waals surface area contributed by atoms with Crippen molar-refractivity contribution in [1.82, 2.24) is 25.4 Å². The molecule has 18 heavy (non-hydrogen) atoms. The summed E-state index contributed by atoms with van der Waals surface area (Å²) in [5, 5.41) is 10.4. The number of rotatable bonds is 7. The third-order valence-electron chi connectivity index (χ3n) is 3.62. The Bertz CT molecular complexity index is 303. The molecule has 2 N–H and O–H groups in total. The standard InChI is InChI=1S/C13H25N5/c1-2-8-18-9-5-12(6-10-18)14-7-3-4-13-15-11-16-17-13/h11-12,14H,2-10H2,1H3,(H,15,16,17). The Balaban J connectivity index is 1.53. The fraction of sp³-hybridized carbons (Fsp3) is 0.846. The zero-order valence-electron chi connectivity index (χ0n) is 11.4. The summed E-state index contributed by atoms with van der Waals surface area (Å²) in [4.78, 5) is 6.71. The Morgan fingerprint density at radius 2 is 2.28 bits per heavy atom. The molecule has 0 amide bonds. The van der Waals surface area contributed by atoms with E-state index < -0.39 is 0 Å². The first-order valence-electron chi connectivity index (χ1n) is 7.18. The van der Waals surface area contributed by atoms with Gasteiger partial charge in [0.25, 0.3) is 0 Å². The van der Waals surface area contributed by atoms with Crippen LogP contribution in [-0.4, -0.2) is 52.3 Å². The van der Waals surface area contributed by atoms with E-state index in [4.69, 9.17) is 0 Å². The molecule has 2 rings (SSSR count). The third kappa shape index (κ3) is 4.38. The molecule has 0 unspecified atom stereocenters. The normalized spacial score (nSPS) is 18.3. The van der Waals surface area contributed by atoms with Gasteiger partial charge in [-0.1, -0.05) is 6.92 Å². The first kappa shape index (κ1) is 13.5. The summed E-state index contributed by atoms with van der Waals surface area (Å²) >= 11 is 0. The molecule has 0 aliphatic carbocycles. The van der Waals surface area contributed by atoms with Gasteiger partial charge in [-0.25, -0.2) is 4.98 Å². The van der Waals surface area contributed by atoms with E-state index in [1.807, 2.05) is 0 Å². The van der Waals surface area contributed by atoms with Crippen LogP contribution in [0.5, 0.6) is 0 Å². The Morgan fingerprint density at radius 1 is 1.44 bits per heavy atom. The predicted octanol–water partition coefficient (Wildman–Crippen LogP) is 1.20. The van der Waals surface area contributed by atoms with Crippen LogP contribution in [0.3, 0.4) is 0 Å². The number of hydrogen-bond donors (Lipinski definition) is 2. The van der Waals surface area contributed by atoms with Crippen LogP contribution in [0.2, 0.25) is 0 Å². The van der Waals surface area contributed by atoms with Crippen molar-refractivity contribution < 1.29 is 0 Å². The van der Waals surface area contributed by atoms with Crippen molar-refractivity contribution in [3.05, 3.63) is 12.2 Å². The first-order chi connectivity index (χ1) is 8.88. The van der Waals surface area contributed by atoms with E-state index >= 15 is 0 Å². The van der Waals surface area contributed by atoms with Gasteiger partial charge in [-0.05, 0) is 51.9 Å². The highest BCUT2D eigenvalue weighted by molar-refractivity contribution is 4.81. The van der Waals surface area contributed by atoms with E-state index in [1.165, 1.54) is 38.9 Å². The highest BCUT2D eigenvalue weighted by atomic mass is 15.2. The van der Waals surface area contributed by atoms with Gasteiger partial charge >= 0.3 is 0 Å². The minimum atomic E-state index is 0.716. The van der Waals surface area contributed by atoms with Gasteiger partial charge in [-0.2, -0.15) is 5.10 Å². The topological polar surface area (TPSA) is 56.8 Å². The highest BCUT2D eigenvalue weighted by Crippen LogP contribution is 2.10. The van der Waals surface area contributed by atoms with Crippen molar-refractivity contribution in [3.63, 3.8) is 0 Å². The molecule has 0 saturated carbocycles. The summed E-state index contributed by atoms with van der Waals surface area (Å²) in [5.74, 6) is 0.995. The van der Waals surface area contributed by atoms with E-state index in [0.717, 1.165) is 25.2 Å². The number of H-pyrrole nitrogens is 1. The van der Waals surface area contributed by atoms with Crippen molar-refractivity contribution in [2.75, 3.05) is 26.2 Å². The molecule has 1 fully saturated rings. The van der Waals surface area contributed by atoms with Crippen LogP contribution in [-0.2, 0) is 6.42 Å². The second kappa shape index (κ2) is 7.48. The average Bonchev–Trinajstić information content (AvgIpc) is 2.90. The van der Waals surface area contributed by atoms with Crippen molar-refractivity contribution in [2.24, 2.45) is 0 Å². The summed E-state index contributed by atoms with van der Waals surface area (Å²) in [5.41, 5.74) is 0. The fourth-order valence-corrected chi connectivity index (χ4v) is 2.59. The molecule has 1 aliphatic rings. The minimum Gasteiger partial charge on any atom is -0.314 e. The maximum atomic E-state index is 4.13. The number of likely N-dealkylation sites (tertiary alicyclic amines) is 1. The molecule has 5 heteroatoms. The number of nitrogens with one attached hydrogen (secondary N) is 2. The zero-order valence-corrected chi connectivity index (χ0v) is 11.4. The average molecular weight is 251 g/mol. The number of piperidine rings is 1. The van der Waals surface area contributed by atoms with Crippen LogP contribution >= 0.6 is 0 Å². The zero-order chi connectivity index (χ0) is 12.6. The smallest absolute Gasteiger partial charge is 0.137 e. The number of hydrogen-bond acceptors (Lipinski definition) is 4. The molecular formula is C13H25N5. The molecule has 1 saturated heterocycles. The maximum Gasteiger partial charge on any atom is 0.137 e. The Kier molecular flexibility index (Phi) is 5.61. The first-order valence-corrected chi connectivity index (χ1v) is 7.18. The van der Waals surface area contributed by atoms with Gasteiger partial charge < -0.3 is 10.2 Å². The second-order valence-electron chi connectivity index (χ2n) is 5.11. The van der Waals surface area contributed by atoms with Crippen molar-refractivity contribution in [2.45, 2.75) is 45.1 Å².